The summed E-state index contributed by atoms with van der Waals surface area (Å²) in [6.07, 6.45) is 6.85. The van der Waals surface area contributed by atoms with E-state index in [1.165, 1.54) is 32.1 Å². The van der Waals surface area contributed by atoms with Gasteiger partial charge in [-0.3, -0.25) is 4.79 Å². The molecule has 0 bridgehead atoms. The van der Waals surface area contributed by atoms with Crippen LogP contribution in [0.2, 0.25) is 0 Å². The van der Waals surface area contributed by atoms with Crippen LogP contribution in [-0.4, -0.2) is 11.9 Å². The van der Waals surface area contributed by atoms with E-state index < -0.39 is 0 Å². The first kappa shape index (κ1) is 10.6. The van der Waals surface area contributed by atoms with E-state index in [1.807, 2.05) is 6.92 Å². The lowest BCUT2D eigenvalue weighted by Crippen LogP contribution is -2.33. The second-order valence-corrected chi connectivity index (χ2v) is 4.23. The highest BCUT2D eigenvalue weighted by molar-refractivity contribution is 5.75. The van der Waals surface area contributed by atoms with Gasteiger partial charge < -0.3 is 5.32 Å². The van der Waals surface area contributed by atoms with Gasteiger partial charge in [0.1, 0.15) is 0 Å². The molecule has 0 aromatic carbocycles. The maximum atomic E-state index is 11.2. The zero-order valence-corrected chi connectivity index (χ0v) is 8.81. The molecule has 2 atom stereocenters. The minimum atomic E-state index is 0.208. The molecule has 0 heterocycles. The van der Waals surface area contributed by atoms with Crippen molar-refractivity contribution >= 4 is 5.91 Å². The third-order valence-corrected chi connectivity index (χ3v) is 2.94. The summed E-state index contributed by atoms with van der Waals surface area (Å²) in [5, 5.41) is 3.09. The van der Waals surface area contributed by atoms with Crippen molar-refractivity contribution in [3.63, 3.8) is 0 Å². The molecule has 1 amide bonds. The predicted molar refractivity (Wildman–Crippen MR) is 54.5 cm³/mol. The van der Waals surface area contributed by atoms with Crippen LogP contribution < -0.4 is 5.32 Å². The molecular weight excluding hydrogens is 162 g/mol. The van der Waals surface area contributed by atoms with Gasteiger partial charge in [0.25, 0.3) is 0 Å². The van der Waals surface area contributed by atoms with Crippen LogP contribution in [0.3, 0.4) is 0 Å². The number of rotatable bonds is 2. The van der Waals surface area contributed by atoms with Gasteiger partial charge in [-0.05, 0) is 25.2 Å². The second-order valence-electron chi connectivity index (χ2n) is 4.23. The largest absolute Gasteiger partial charge is 0.353 e. The molecule has 13 heavy (non-hydrogen) atoms. The monoisotopic (exact) mass is 183 g/mol. The van der Waals surface area contributed by atoms with Gasteiger partial charge in [0.05, 0.1) is 0 Å². The highest BCUT2D eigenvalue weighted by Gasteiger charge is 2.16. The number of hydrogen-bond donors (Lipinski definition) is 1. The van der Waals surface area contributed by atoms with Crippen LogP contribution in [0.5, 0.6) is 0 Å². The van der Waals surface area contributed by atoms with Crippen LogP contribution in [0.4, 0.5) is 0 Å². The smallest absolute Gasteiger partial charge is 0.219 e. The van der Waals surface area contributed by atoms with Crippen molar-refractivity contribution < 1.29 is 4.79 Å². The van der Waals surface area contributed by atoms with E-state index in [1.54, 1.807) is 0 Å². The number of hydrogen-bond acceptors (Lipinski definition) is 1. The Labute approximate surface area is 81.1 Å². The molecule has 0 saturated heterocycles. The third kappa shape index (κ3) is 3.79. The topological polar surface area (TPSA) is 29.1 Å². The van der Waals surface area contributed by atoms with Crippen LogP contribution in [0, 0.1) is 5.92 Å². The number of carbonyl (C=O) groups excluding carboxylic acids is 1. The Kier molecular flexibility index (Phi) is 4.26. The fourth-order valence-electron chi connectivity index (χ4n) is 1.96. The van der Waals surface area contributed by atoms with E-state index in [4.69, 9.17) is 0 Å². The summed E-state index contributed by atoms with van der Waals surface area (Å²) in [5.41, 5.74) is 0. The molecular formula is C11H21NO. The SMILES string of the molecule is CCC(=O)NC1CCCC(C)CC1. The molecule has 1 aliphatic rings. The molecule has 0 aromatic heterocycles. The van der Waals surface area contributed by atoms with E-state index in [0.29, 0.717) is 12.5 Å². The van der Waals surface area contributed by atoms with Gasteiger partial charge in [-0.15, -0.1) is 0 Å². The summed E-state index contributed by atoms with van der Waals surface area (Å²) in [6.45, 7) is 4.22. The summed E-state index contributed by atoms with van der Waals surface area (Å²) in [6, 6.07) is 0.456. The molecule has 2 heteroatoms. The lowest BCUT2D eigenvalue weighted by atomic mass is 10.0. The Morgan fingerprint density at radius 2 is 2.08 bits per heavy atom. The van der Waals surface area contributed by atoms with Gasteiger partial charge in [0.2, 0.25) is 5.91 Å². The maximum absolute atomic E-state index is 11.2. The first-order valence-electron chi connectivity index (χ1n) is 5.51. The van der Waals surface area contributed by atoms with Crippen molar-refractivity contribution in [3.05, 3.63) is 0 Å². The molecule has 1 N–H and O–H groups in total. The van der Waals surface area contributed by atoms with E-state index >= 15 is 0 Å². The normalized spacial score (nSPS) is 29.4. The molecule has 0 spiro atoms. The fourth-order valence-corrected chi connectivity index (χ4v) is 1.96. The number of nitrogens with one attached hydrogen (secondary N) is 1. The van der Waals surface area contributed by atoms with Gasteiger partial charge in [-0.25, -0.2) is 0 Å². The standard InChI is InChI=1S/C11H21NO/c1-3-11(13)12-10-6-4-5-9(2)7-8-10/h9-10H,3-8H2,1-2H3,(H,12,13). The summed E-state index contributed by atoms with van der Waals surface area (Å²) in [5.74, 6) is 1.06. The van der Waals surface area contributed by atoms with Crippen molar-refractivity contribution in [2.24, 2.45) is 5.92 Å². The van der Waals surface area contributed by atoms with Crippen LogP contribution in [0.1, 0.15) is 52.4 Å². The van der Waals surface area contributed by atoms with Crippen molar-refractivity contribution in [3.8, 4) is 0 Å². The molecule has 2 nitrogen and oxygen atoms in total. The first-order valence-corrected chi connectivity index (χ1v) is 5.51. The van der Waals surface area contributed by atoms with E-state index in [2.05, 4.69) is 12.2 Å². The Morgan fingerprint density at radius 3 is 2.77 bits per heavy atom. The highest BCUT2D eigenvalue weighted by Crippen LogP contribution is 2.22. The van der Waals surface area contributed by atoms with Crippen LogP contribution in [0.25, 0.3) is 0 Å². The molecule has 0 aliphatic heterocycles. The number of amides is 1. The van der Waals surface area contributed by atoms with Crippen molar-refractivity contribution in [1.82, 2.24) is 5.32 Å². The summed E-state index contributed by atoms with van der Waals surface area (Å²) in [4.78, 5) is 11.2. The van der Waals surface area contributed by atoms with Crippen LogP contribution in [0.15, 0.2) is 0 Å². The Hall–Kier alpha value is -0.530. The van der Waals surface area contributed by atoms with Gasteiger partial charge in [-0.1, -0.05) is 26.7 Å². The quantitative estimate of drug-likeness (QED) is 0.655. The third-order valence-electron chi connectivity index (χ3n) is 2.94. The predicted octanol–water partition coefficient (Wildman–Crippen LogP) is 2.48. The minimum absolute atomic E-state index is 0.208. The molecule has 1 saturated carbocycles. The average Bonchev–Trinajstić information content (AvgIpc) is 2.31. The van der Waals surface area contributed by atoms with Gasteiger partial charge in [0.15, 0.2) is 0 Å². The molecule has 1 aliphatic carbocycles. The Bertz CT molecular complexity index is 167. The van der Waals surface area contributed by atoms with E-state index in [0.717, 1.165) is 5.92 Å². The van der Waals surface area contributed by atoms with Crippen LogP contribution in [-0.2, 0) is 4.79 Å². The van der Waals surface area contributed by atoms with Gasteiger partial charge in [0, 0.05) is 12.5 Å². The lowest BCUT2D eigenvalue weighted by molar-refractivity contribution is -0.121. The van der Waals surface area contributed by atoms with Crippen molar-refractivity contribution in [1.29, 1.82) is 0 Å². The zero-order valence-electron chi connectivity index (χ0n) is 8.81. The first-order chi connectivity index (χ1) is 6.22. The molecule has 1 fully saturated rings. The molecule has 1 rings (SSSR count). The van der Waals surface area contributed by atoms with E-state index in [-0.39, 0.29) is 5.91 Å². The maximum Gasteiger partial charge on any atom is 0.219 e. The van der Waals surface area contributed by atoms with E-state index in [9.17, 15) is 4.79 Å². The van der Waals surface area contributed by atoms with Gasteiger partial charge in [-0.2, -0.15) is 0 Å². The van der Waals surface area contributed by atoms with Crippen LogP contribution >= 0.6 is 0 Å². The summed E-state index contributed by atoms with van der Waals surface area (Å²) < 4.78 is 0. The average molecular weight is 183 g/mol. The Balaban J connectivity index is 2.29. The van der Waals surface area contributed by atoms with Gasteiger partial charge >= 0.3 is 0 Å². The minimum Gasteiger partial charge on any atom is -0.353 e. The molecule has 0 aromatic rings. The fraction of sp³-hybridized carbons (Fsp3) is 0.909. The second kappa shape index (κ2) is 5.25. The summed E-state index contributed by atoms with van der Waals surface area (Å²) in [7, 11) is 0. The Morgan fingerprint density at radius 1 is 1.31 bits per heavy atom. The molecule has 2 unspecified atom stereocenters. The highest BCUT2D eigenvalue weighted by atomic mass is 16.1. The lowest BCUT2D eigenvalue weighted by Gasteiger charge is -2.15. The zero-order chi connectivity index (χ0) is 9.68. The number of carbonyl (C=O) groups is 1. The molecule has 0 radical (unpaired) electrons. The van der Waals surface area contributed by atoms with Crippen molar-refractivity contribution in [2.75, 3.05) is 0 Å². The van der Waals surface area contributed by atoms with Crippen molar-refractivity contribution in [2.45, 2.75) is 58.4 Å². The molecule has 76 valence electrons. The summed E-state index contributed by atoms with van der Waals surface area (Å²) >= 11 is 0.